The second kappa shape index (κ2) is 9.50. The summed E-state index contributed by atoms with van der Waals surface area (Å²) in [4.78, 5) is 8.81. The molecule has 0 aromatic heterocycles. The van der Waals surface area contributed by atoms with Gasteiger partial charge in [0.25, 0.3) is 0 Å². The van der Waals surface area contributed by atoms with Crippen molar-refractivity contribution in [2.75, 3.05) is 45.2 Å². The molecule has 1 heterocycles. The molecule has 0 aliphatic carbocycles. The van der Waals surface area contributed by atoms with Gasteiger partial charge in [0.1, 0.15) is 11.6 Å². The quantitative estimate of drug-likeness (QED) is 0.632. The lowest BCUT2D eigenvalue weighted by atomic mass is 10.1. The summed E-state index contributed by atoms with van der Waals surface area (Å²) < 4.78 is 31.9. The van der Waals surface area contributed by atoms with E-state index < -0.39 is 0 Å². The van der Waals surface area contributed by atoms with Crippen molar-refractivity contribution in [1.82, 2.24) is 10.2 Å². The van der Waals surface area contributed by atoms with Crippen LogP contribution in [0.25, 0.3) is 0 Å². The number of guanidine groups is 1. The Bertz CT molecular complexity index is 803. The van der Waals surface area contributed by atoms with Crippen molar-refractivity contribution >= 4 is 11.6 Å². The van der Waals surface area contributed by atoms with Crippen molar-refractivity contribution < 1.29 is 13.5 Å². The maximum absolute atomic E-state index is 13.8. The van der Waals surface area contributed by atoms with E-state index in [0.29, 0.717) is 12.1 Å². The molecule has 3 rings (SSSR count). The summed E-state index contributed by atoms with van der Waals surface area (Å²) in [5.74, 6) is 0.338. The SMILES string of the molecule is CN=C(NCc1ccc(F)c(COC)c1)N1CCN(c2ccc(F)cc2)CC1. The van der Waals surface area contributed by atoms with Gasteiger partial charge in [-0.05, 0) is 42.0 Å². The minimum Gasteiger partial charge on any atom is -0.380 e. The molecular formula is C21H26F2N4O. The van der Waals surface area contributed by atoms with Gasteiger partial charge in [-0.3, -0.25) is 4.99 Å². The molecule has 0 saturated carbocycles. The Balaban J connectivity index is 1.55. The highest BCUT2D eigenvalue weighted by Gasteiger charge is 2.20. The fourth-order valence-electron chi connectivity index (χ4n) is 3.35. The lowest BCUT2D eigenvalue weighted by Crippen LogP contribution is -2.52. The molecule has 1 N–H and O–H groups in total. The summed E-state index contributed by atoms with van der Waals surface area (Å²) in [6.07, 6.45) is 0. The molecule has 0 spiro atoms. The number of rotatable bonds is 5. The Morgan fingerprint density at radius 3 is 2.43 bits per heavy atom. The molecule has 5 nitrogen and oxygen atoms in total. The smallest absolute Gasteiger partial charge is 0.194 e. The highest BCUT2D eigenvalue weighted by Crippen LogP contribution is 2.17. The Morgan fingerprint density at radius 1 is 1.07 bits per heavy atom. The molecule has 0 amide bonds. The maximum Gasteiger partial charge on any atom is 0.194 e. The monoisotopic (exact) mass is 388 g/mol. The van der Waals surface area contributed by atoms with Crippen LogP contribution in [0.15, 0.2) is 47.5 Å². The van der Waals surface area contributed by atoms with Crippen molar-refractivity contribution in [3.05, 3.63) is 65.2 Å². The zero-order valence-corrected chi connectivity index (χ0v) is 16.3. The number of piperazine rings is 1. The zero-order chi connectivity index (χ0) is 19.9. The molecule has 0 atom stereocenters. The van der Waals surface area contributed by atoms with E-state index >= 15 is 0 Å². The van der Waals surface area contributed by atoms with E-state index in [1.54, 1.807) is 20.2 Å². The van der Waals surface area contributed by atoms with Crippen molar-refractivity contribution in [2.45, 2.75) is 13.2 Å². The van der Waals surface area contributed by atoms with Gasteiger partial charge in [-0.1, -0.05) is 6.07 Å². The third-order valence-corrected chi connectivity index (χ3v) is 4.84. The Labute approximate surface area is 164 Å². The first-order chi connectivity index (χ1) is 13.6. The number of hydrogen-bond donors (Lipinski definition) is 1. The highest BCUT2D eigenvalue weighted by molar-refractivity contribution is 5.80. The molecule has 2 aromatic rings. The van der Waals surface area contributed by atoms with Gasteiger partial charge in [-0.15, -0.1) is 0 Å². The Hall–Kier alpha value is -2.67. The second-order valence-corrected chi connectivity index (χ2v) is 6.71. The second-order valence-electron chi connectivity index (χ2n) is 6.71. The third-order valence-electron chi connectivity index (χ3n) is 4.84. The fourth-order valence-corrected chi connectivity index (χ4v) is 3.35. The molecule has 1 aliphatic heterocycles. The van der Waals surface area contributed by atoms with Crippen LogP contribution in [0.3, 0.4) is 0 Å². The molecule has 28 heavy (non-hydrogen) atoms. The number of methoxy groups -OCH3 is 1. The number of benzene rings is 2. The molecule has 0 radical (unpaired) electrons. The average Bonchev–Trinajstić information content (AvgIpc) is 2.72. The van der Waals surface area contributed by atoms with E-state index in [1.807, 2.05) is 18.2 Å². The van der Waals surface area contributed by atoms with Gasteiger partial charge in [-0.25, -0.2) is 8.78 Å². The minimum atomic E-state index is -0.258. The van der Waals surface area contributed by atoms with Gasteiger partial charge in [0.05, 0.1) is 6.61 Å². The summed E-state index contributed by atoms with van der Waals surface area (Å²) in [6, 6.07) is 11.6. The van der Waals surface area contributed by atoms with Gasteiger partial charge in [-0.2, -0.15) is 0 Å². The van der Waals surface area contributed by atoms with E-state index in [-0.39, 0.29) is 18.2 Å². The Kier molecular flexibility index (Phi) is 6.81. The Morgan fingerprint density at radius 2 is 1.79 bits per heavy atom. The summed E-state index contributed by atoms with van der Waals surface area (Å²) >= 11 is 0. The third kappa shape index (κ3) is 4.98. The van der Waals surface area contributed by atoms with Gasteiger partial charge in [0, 0.05) is 58.1 Å². The fraction of sp³-hybridized carbons (Fsp3) is 0.381. The van der Waals surface area contributed by atoms with Crippen LogP contribution in [0, 0.1) is 11.6 Å². The first-order valence-electron chi connectivity index (χ1n) is 9.33. The topological polar surface area (TPSA) is 40.1 Å². The van der Waals surface area contributed by atoms with E-state index in [4.69, 9.17) is 4.74 Å². The van der Waals surface area contributed by atoms with Crippen LogP contribution in [-0.2, 0) is 17.9 Å². The zero-order valence-electron chi connectivity index (χ0n) is 16.3. The molecule has 0 unspecified atom stereocenters. The predicted octanol–water partition coefficient (Wildman–Crippen LogP) is 3.01. The number of hydrogen-bond acceptors (Lipinski definition) is 3. The first-order valence-corrected chi connectivity index (χ1v) is 9.33. The van der Waals surface area contributed by atoms with Crippen molar-refractivity contribution in [3.8, 4) is 0 Å². The van der Waals surface area contributed by atoms with Crippen LogP contribution in [0.5, 0.6) is 0 Å². The molecule has 150 valence electrons. The molecule has 1 aliphatic rings. The highest BCUT2D eigenvalue weighted by atomic mass is 19.1. The van der Waals surface area contributed by atoms with Crippen LogP contribution < -0.4 is 10.2 Å². The van der Waals surface area contributed by atoms with E-state index in [9.17, 15) is 8.78 Å². The lowest BCUT2D eigenvalue weighted by Gasteiger charge is -2.37. The van der Waals surface area contributed by atoms with Gasteiger partial charge < -0.3 is 19.9 Å². The summed E-state index contributed by atoms with van der Waals surface area (Å²) in [5.41, 5.74) is 2.55. The molecule has 1 saturated heterocycles. The molecule has 1 fully saturated rings. The number of nitrogens with zero attached hydrogens (tertiary/aromatic N) is 3. The number of anilines is 1. The number of halogens is 2. The predicted molar refractivity (Wildman–Crippen MR) is 107 cm³/mol. The average molecular weight is 388 g/mol. The molecule has 2 aromatic carbocycles. The summed E-state index contributed by atoms with van der Waals surface area (Å²) in [5, 5.41) is 3.35. The number of nitrogens with one attached hydrogen (secondary N) is 1. The van der Waals surface area contributed by atoms with Gasteiger partial charge in [0.2, 0.25) is 0 Å². The van der Waals surface area contributed by atoms with E-state index in [1.165, 1.54) is 18.2 Å². The van der Waals surface area contributed by atoms with E-state index in [0.717, 1.165) is 43.4 Å². The normalized spacial score (nSPS) is 15.1. The molecule has 7 heteroatoms. The maximum atomic E-state index is 13.8. The van der Waals surface area contributed by atoms with Crippen LogP contribution in [-0.4, -0.2) is 51.2 Å². The first kappa shape index (κ1) is 20.1. The largest absolute Gasteiger partial charge is 0.380 e. The van der Waals surface area contributed by atoms with E-state index in [2.05, 4.69) is 20.1 Å². The number of aliphatic imine (C=N–C) groups is 1. The van der Waals surface area contributed by atoms with Crippen molar-refractivity contribution in [3.63, 3.8) is 0 Å². The van der Waals surface area contributed by atoms with Crippen molar-refractivity contribution in [1.29, 1.82) is 0 Å². The summed E-state index contributed by atoms with van der Waals surface area (Å²) in [6.45, 7) is 4.11. The minimum absolute atomic E-state index is 0.221. The van der Waals surface area contributed by atoms with Crippen LogP contribution in [0.4, 0.5) is 14.5 Å². The van der Waals surface area contributed by atoms with Crippen LogP contribution >= 0.6 is 0 Å². The van der Waals surface area contributed by atoms with Crippen molar-refractivity contribution in [2.24, 2.45) is 4.99 Å². The number of ether oxygens (including phenoxy) is 1. The van der Waals surface area contributed by atoms with Gasteiger partial charge in [0.15, 0.2) is 5.96 Å². The standard InChI is InChI=1S/C21H26F2N4O/c1-24-21(25-14-16-3-8-20(23)17(13-16)15-28-2)27-11-9-26(10-12-27)19-6-4-18(22)5-7-19/h3-8,13H,9-12,14-15H2,1-2H3,(H,24,25). The summed E-state index contributed by atoms with van der Waals surface area (Å²) in [7, 11) is 3.31. The molecular weight excluding hydrogens is 362 g/mol. The van der Waals surface area contributed by atoms with Crippen LogP contribution in [0.1, 0.15) is 11.1 Å². The lowest BCUT2D eigenvalue weighted by molar-refractivity contribution is 0.181. The van der Waals surface area contributed by atoms with Gasteiger partial charge >= 0.3 is 0 Å². The van der Waals surface area contributed by atoms with Crippen LogP contribution in [0.2, 0.25) is 0 Å². The molecule has 0 bridgehead atoms.